The fraction of sp³-hybridized carbons (Fsp3) is 0.222. The summed E-state index contributed by atoms with van der Waals surface area (Å²) in [5, 5.41) is 19.1. The van der Waals surface area contributed by atoms with E-state index < -0.39 is 0 Å². The summed E-state index contributed by atoms with van der Waals surface area (Å²) in [4.78, 5) is 15.6. The SMILES string of the molecule is CCC1(C)C(=CC=C2C(=O)c3ccccc3C2=C(C#N)C#N)N2CCc3cccc1c32. The summed E-state index contributed by atoms with van der Waals surface area (Å²) in [5.41, 5.74) is 7.07. The quantitative estimate of drug-likeness (QED) is 0.508. The Kier molecular flexibility index (Phi) is 4.20. The number of fused-ring (bicyclic) bond motifs is 1. The highest BCUT2D eigenvalue weighted by atomic mass is 16.1. The number of ketones is 1. The summed E-state index contributed by atoms with van der Waals surface area (Å²) in [6.45, 7) is 5.37. The highest BCUT2D eigenvalue weighted by Crippen LogP contribution is 2.53. The Morgan fingerprint density at radius 2 is 1.84 bits per heavy atom. The zero-order valence-corrected chi connectivity index (χ0v) is 17.6. The van der Waals surface area contributed by atoms with Crippen LogP contribution in [0.5, 0.6) is 0 Å². The van der Waals surface area contributed by atoms with Crippen molar-refractivity contribution in [3.63, 3.8) is 0 Å². The highest BCUT2D eigenvalue weighted by Gasteiger charge is 2.45. The van der Waals surface area contributed by atoms with Crippen molar-refractivity contribution >= 4 is 17.0 Å². The van der Waals surface area contributed by atoms with E-state index in [2.05, 4.69) is 36.9 Å². The Morgan fingerprint density at radius 3 is 2.55 bits per heavy atom. The van der Waals surface area contributed by atoms with Crippen LogP contribution in [0.15, 0.2) is 71.5 Å². The van der Waals surface area contributed by atoms with Gasteiger partial charge in [0.05, 0.1) is 0 Å². The average molecular weight is 403 g/mol. The summed E-state index contributed by atoms with van der Waals surface area (Å²) >= 11 is 0. The number of allylic oxidation sites excluding steroid dienone is 6. The molecule has 3 aliphatic rings. The minimum Gasteiger partial charge on any atom is -0.343 e. The normalized spacial score (nSPS) is 23.2. The van der Waals surface area contributed by atoms with Gasteiger partial charge >= 0.3 is 0 Å². The average Bonchev–Trinajstić information content (AvgIpc) is 3.42. The minimum atomic E-state index is -0.144. The smallest absolute Gasteiger partial charge is 0.194 e. The minimum absolute atomic E-state index is 0.0284. The molecule has 0 saturated heterocycles. The molecule has 0 radical (unpaired) electrons. The zero-order valence-electron chi connectivity index (χ0n) is 17.6. The second-order valence-electron chi connectivity index (χ2n) is 8.38. The van der Waals surface area contributed by atoms with Gasteiger partial charge in [-0.25, -0.2) is 0 Å². The largest absolute Gasteiger partial charge is 0.343 e. The molecule has 1 unspecified atom stereocenters. The number of hydrogen-bond donors (Lipinski definition) is 0. The van der Waals surface area contributed by atoms with Crippen LogP contribution in [0.1, 0.15) is 47.3 Å². The molecule has 150 valence electrons. The molecule has 0 amide bonds. The summed E-state index contributed by atoms with van der Waals surface area (Å²) in [7, 11) is 0. The Balaban J connectivity index is 1.70. The van der Waals surface area contributed by atoms with E-state index in [9.17, 15) is 15.3 Å². The monoisotopic (exact) mass is 403 g/mol. The first-order chi connectivity index (χ1) is 15.0. The molecule has 31 heavy (non-hydrogen) atoms. The fourth-order valence-electron chi connectivity index (χ4n) is 5.25. The number of rotatable bonds is 2. The number of anilines is 1. The zero-order chi connectivity index (χ0) is 21.8. The maximum Gasteiger partial charge on any atom is 0.194 e. The van der Waals surface area contributed by atoms with Crippen LogP contribution in [0.25, 0.3) is 5.57 Å². The highest BCUT2D eigenvalue weighted by molar-refractivity contribution is 6.27. The van der Waals surface area contributed by atoms with Crippen LogP contribution in [0.2, 0.25) is 0 Å². The fourth-order valence-corrected chi connectivity index (χ4v) is 5.25. The molecule has 2 aromatic carbocycles. The van der Waals surface area contributed by atoms with Gasteiger partial charge < -0.3 is 4.90 Å². The van der Waals surface area contributed by atoms with Crippen LogP contribution in [0.4, 0.5) is 5.69 Å². The van der Waals surface area contributed by atoms with Gasteiger partial charge in [0.15, 0.2) is 5.78 Å². The van der Waals surface area contributed by atoms with Gasteiger partial charge in [0.2, 0.25) is 0 Å². The van der Waals surface area contributed by atoms with Crippen LogP contribution in [-0.2, 0) is 11.8 Å². The molecule has 0 saturated carbocycles. The van der Waals surface area contributed by atoms with Crippen molar-refractivity contribution < 1.29 is 4.79 Å². The molecule has 2 aromatic rings. The lowest BCUT2D eigenvalue weighted by Crippen LogP contribution is -2.28. The van der Waals surface area contributed by atoms with E-state index in [0.717, 1.165) is 19.4 Å². The van der Waals surface area contributed by atoms with Crippen molar-refractivity contribution in [2.45, 2.75) is 32.1 Å². The van der Waals surface area contributed by atoms with E-state index in [1.807, 2.05) is 36.4 Å². The maximum absolute atomic E-state index is 13.2. The van der Waals surface area contributed by atoms with Gasteiger partial charge in [0, 0.05) is 40.1 Å². The first-order valence-corrected chi connectivity index (χ1v) is 10.6. The van der Waals surface area contributed by atoms with Gasteiger partial charge in [-0.1, -0.05) is 49.4 Å². The molecule has 0 spiro atoms. The lowest BCUT2D eigenvalue weighted by Gasteiger charge is -2.28. The maximum atomic E-state index is 13.2. The predicted octanol–water partition coefficient (Wildman–Crippen LogP) is 5.24. The Labute approximate surface area is 182 Å². The van der Waals surface area contributed by atoms with Crippen molar-refractivity contribution in [2.75, 3.05) is 11.4 Å². The molecule has 2 aliphatic heterocycles. The predicted molar refractivity (Wildman–Crippen MR) is 120 cm³/mol. The molecule has 0 N–H and O–H groups in total. The number of para-hydroxylation sites is 1. The molecular formula is C27H21N3O. The second-order valence-corrected chi connectivity index (χ2v) is 8.38. The van der Waals surface area contributed by atoms with Crippen molar-refractivity contribution in [3.05, 3.63) is 93.7 Å². The third kappa shape index (κ3) is 2.49. The number of Topliss-reactive ketones (excluding diaryl/α,β-unsaturated/α-hetero) is 1. The third-order valence-electron chi connectivity index (χ3n) is 6.99. The standard InChI is InChI=1S/C27H21N3O/c1-3-27(2)22-10-6-7-17-13-14-30(25(17)22)23(27)12-11-21-24(18(15-28)16-29)19-8-4-5-9-20(19)26(21)31/h4-12H,3,13-14H2,1-2H3. The molecule has 1 atom stereocenters. The van der Waals surface area contributed by atoms with Crippen LogP contribution in [0, 0.1) is 22.7 Å². The van der Waals surface area contributed by atoms with Gasteiger partial charge in [-0.2, -0.15) is 10.5 Å². The van der Waals surface area contributed by atoms with Gasteiger partial charge in [-0.05, 0) is 48.6 Å². The Morgan fingerprint density at radius 1 is 1.10 bits per heavy atom. The summed E-state index contributed by atoms with van der Waals surface area (Å²) in [6.07, 6.45) is 5.80. The van der Waals surface area contributed by atoms with Crippen LogP contribution in [0.3, 0.4) is 0 Å². The van der Waals surface area contributed by atoms with E-state index >= 15 is 0 Å². The summed E-state index contributed by atoms with van der Waals surface area (Å²) < 4.78 is 0. The Hall–Kier alpha value is -3.89. The number of carbonyl (C=O) groups excluding carboxylic acids is 1. The third-order valence-corrected chi connectivity index (χ3v) is 6.99. The topological polar surface area (TPSA) is 67.9 Å². The van der Waals surface area contributed by atoms with Crippen LogP contribution >= 0.6 is 0 Å². The van der Waals surface area contributed by atoms with E-state index in [4.69, 9.17) is 0 Å². The first kappa shape index (κ1) is 19.1. The number of nitrogens with zero attached hydrogens (tertiary/aromatic N) is 3. The van der Waals surface area contributed by atoms with E-state index in [1.165, 1.54) is 22.5 Å². The van der Waals surface area contributed by atoms with Crippen molar-refractivity contribution in [2.24, 2.45) is 0 Å². The van der Waals surface area contributed by atoms with Crippen LogP contribution < -0.4 is 4.90 Å². The molecule has 1 aliphatic carbocycles. The molecule has 0 bridgehead atoms. The van der Waals surface area contributed by atoms with Crippen molar-refractivity contribution in [3.8, 4) is 12.1 Å². The molecule has 4 heteroatoms. The van der Waals surface area contributed by atoms with Gasteiger partial charge in [0.25, 0.3) is 0 Å². The van der Waals surface area contributed by atoms with Crippen LogP contribution in [-0.4, -0.2) is 12.3 Å². The van der Waals surface area contributed by atoms with Gasteiger partial charge in [-0.15, -0.1) is 0 Å². The summed E-state index contributed by atoms with van der Waals surface area (Å²) in [5.74, 6) is -0.138. The number of benzene rings is 2. The molecule has 0 fully saturated rings. The summed E-state index contributed by atoms with van der Waals surface area (Å²) in [6, 6.07) is 17.7. The lowest BCUT2D eigenvalue weighted by molar-refractivity contribution is 0.104. The van der Waals surface area contributed by atoms with Crippen molar-refractivity contribution in [1.29, 1.82) is 10.5 Å². The molecule has 4 nitrogen and oxygen atoms in total. The van der Waals surface area contributed by atoms with Crippen molar-refractivity contribution in [1.82, 2.24) is 0 Å². The lowest BCUT2D eigenvalue weighted by atomic mass is 9.78. The first-order valence-electron chi connectivity index (χ1n) is 10.6. The number of hydrogen-bond acceptors (Lipinski definition) is 4. The second kappa shape index (κ2) is 6.83. The van der Waals surface area contributed by atoms with Gasteiger partial charge in [-0.3, -0.25) is 4.79 Å². The molecule has 5 rings (SSSR count). The van der Waals surface area contributed by atoms with E-state index in [0.29, 0.717) is 22.3 Å². The molecule has 0 aromatic heterocycles. The van der Waals surface area contributed by atoms with E-state index in [-0.39, 0.29) is 16.8 Å². The molecule has 2 heterocycles. The molecular weight excluding hydrogens is 382 g/mol. The van der Waals surface area contributed by atoms with Gasteiger partial charge in [0.1, 0.15) is 17.7 Å². The number of nitriles is 2. The Bertz CT molecular complexity index is 1310. The van der Waals surface area contributed by atoms with E-state index in [1.54, 1.807) is 12.1 Å². The number of carbonyl (C=O) groups is 1.